The Hall–Kier alpha value is -2.37. The minimum Gasteiger partial charge on any atom is -0.264 e. The first-order valence-corrected chi connectivity index (χ1v) is 9.86. The fourth-order valence-corrected chi connectivity index (χ4v) is 3.79. The fourth-order valence-electron chi connectivity index (χ4n) is 2.65. The Labute approximate surface area is 152 Å². The Bertz CT molecular complexity index is 985. The normalized spacial score (nSPS) is 11.3. The smallest absolute Gasteiger partial charge is 0.236 e. The molecule has 0 atom stereocenters. The second kappa shape index (κ2) is 6.86. The number of rotatable bonds is 4. The van der Waals surface area contributed by atoms with E-state index in [1.54, 1.807) is 48.8 Å². The van der Waals surface area contributed by atoms with Crippen molar-refractivity contribution in [3.8, 4) is 11.1 Å². The summed E-state index contributed by atoms with van der Waals surface area (Å²) in [5.41, 5.74) is 4.22. The molecule has 2 aromatic carbocycles. The van der Waals surface area contributed by atoms with Crippen LogP contribution in [0, 0.1) is 6.92 Å². The standard InChI is InChI=1S/C19H17ClN2O2S/c1-14-11-12-21-13-19(14)15-3-7-17(8-4-15)22(25(2,23)24)18-9-5-16(20)6-10-18/h3-13H,1-2H3. The van der Waals surface area contributed by atoms with Crippen LogP contribution in [0.4, 0.5) is 11.4 Å². The summed E-state index contributed by atoms with van der Waals surface area (Å²) >= 11 is 5.91. The van der Waals surface area contributed by atoms with Gasteiger partial charge in [-0.2, -0.15) is 0 Å². The highest BCUT2D eigenvalue weighted by atomic mass is 35.5. The Morgan fingerprint density at radius 2 is 1.48 bits per heavy atom. The van der Waals surface area contributed by atoms with Gasteiger partial charge in [0.05, 0.1) is 17.6 Å². The molecule has 128 valence electrons. The molecule has 3 rings (SSSR count). The zero-order chi connectivity index (χ0) is 18.0. The largest absolute Gasteiger partial charge is 0.264 e. The lowest BCUT2D eigenvalue weighted by Gasteiger charge is -2.23. The predicted octanol–water partition coefficient (Wildman–Crippen LogP) is 4.81. The molecule has 25 heavy (non-hydrogen) atoms. The van der Waals surface area contributed by atoms with Crippen LogP contribution in [0.15, 0.2) is 67.0 Å². The van der Waals surface area contributed by atoms with Crippen LogP contribution < -0.4 is 4.31 Å². The number of hydrogen-bond acceptors (Lipinski definition) is 3. The summed E-state index contributed by atoms with van der Waals surface area (Å²) in [5.74, 6) is 0. The molecule has 3 aromatic rings. The molecule has 0 fully saturated rings. The quantitative estimate of drug-likeness (QED) is 0.660. The molecule has 0 N–H and O–H groups in total. The van der Waals surface area contributed by atoms with Crippen molar-refractivity contribution in [2.24, 2.45) is 0 Å². The number of aryl methyl sites for hydroxylation is 1. The summed E-state index contributed by atoms with van der Waals surface area (Å²) in [5, 5.41) is 0.555. The monoisotopic (exact) mass is 372 g/mol. The molecule has 6 heteroatoms. The lowest BCUT2D eigenvalue weighted by molar-refractivity contribution is 0.602. The number of halogens is 1. The zero-order valence-corrected chi connectivity index (χ0v) is 15.4. The number of aromatic nitrogens is 1. The second-order valence-corrected chi connectivity index (χ2v) is 8.01. The Morgan fingerprint density at radius 3 is 2.00 bits per heavy atom. The summed E-state index contributed by atoms with van der Waals surface area (Å²) in [6.45, 7) is 2.02. The summed E-state index contributed by atoms with van der Waals surface area (Å²) in [6, 6.07) is 16.0. The van der Waals surface area contributed by atoms with Gasteiger partial charge in [0.1, 0.15) is 0 Å². The van der Waals surface area contributed by atoms with Crippen LogP contribution in [0.3, 0.4) is 0 Å². The Balaban J connectivity index is 2.03. The zero-order valence-electron chi connectivity index (χ0n) is 13.8. The average Bonchev–Trinajstić information content (AvgIpc) is 2.57. The van der Waals surface area contributed by atoms with Crippen molar-refractivity contribution in [1.29, 1.82) is 0 Å². The van der Waals surface area contributed by atoms with Gasteiger partial charge in [0.25, 0.3) is 0 Å². The van der Waals surface area contributed by atoms with E-state index in [0.717, 1.165) is 16.7 Å². The first-order valence-electron chi connectivity index (χ1n) is 7.63. The lowest BCUT2D eigenvalue weighted by atomic mass is 10.0. The van der Waals surface area contributed by atoms with E-state index in [0.29, 0.717) is 16.4 Å². The lowest BCUT2D eigenvalue weighted by Crippen LogP contribution is -2.24. The summed E-state index contributed by atoms with van der Waals surface area (Å²) in [7, 11) is -3.49. The topological polar surface area (TPSA) is 50.3 Å². The molecule has 0 unspecified atom stereocenters. The molecule has 0 aliphatic heterocycles. The van der Waals surface area contributed by atoms with E-state index in [2.05, 4.69) is 4.98 Å². The molecule has 0 saturated carbocycles. The third kappa shape index (κ3) is 3.83. The van der Waals surface area contributed by atoms with E-state index >= 15 is 0 Å². The van der Waals surface area contributed by atoms with Crippen LogP contribution in [0.25, 0.3) is 11.1 Å². The van der Waals surface area contributed by atoms with E-state index in [9.17, 15) is 8.42 Å². The van der Waals surface area contributed by atoms with E-state index in [4.69, 9.17) is 11.6 Å². The SMILES string of the molecule is Cc1ccncc1-c1ccc(N(c2ccc(Cl)cc2)S(C)(=O)=O)cc1. The van der Waals surface area contributed by atoms with Crippen LogP contribution in [0.5, 0.6) is 0 Å². The number of benzene rings is 2. The molecule has 0 bridgehead atoms. The first kappa shape index (κ1) is 17.5. The average molecular weight is 373 g/mol. The summed E-state index contributed by atoms with van der Waals surface area (Å²) in [4.78, 5) is 4.16. The van der Waals surface area contributed by atoms with Gasteiger partial charge in [0, 0.05) is 23.0 Å². The maximum Gasteiger partial charge on any atom is 0.236 e. The molecule has 0 saturated heterocycles. The molecule has 0 spiro atoms. The molecule has 0 aliphatic carbocycles. The summed E-state index contributed by atoms with van der Waals surface area (Å²) in [6.07, 6.45) is 4.73. The molecular weight excluding hydrogens is 356 g/mol. The highest BCUT2D eigenvalue weighted by molar-refractivity contribution is 7.92. The minimum absolute atomic E-state index is 0.539. The number of pyridine rings is 1. The highest BCUT2D eigenvalue weighted by Crippen LogP contribution is 2.31. The number of sulfonamides is 1. The maximum absolute atomic E-state index is 12.3. The second-order valence-electron chi connectivity index (χ2n) is 5.74. The fraction of sp³-hybridized carbons (Fsp3) is 0.105. The molecule has 0 amide bonds. The van der Waals surface area contributed by atoms with Crippen molar-refractivity contribution in [1.82, 2.24) is 4.98 Å². The van der Waals surface area contributed by atoms with Gasteiger partial charge in [-0.25, -0.2) is 12.7 Å². The van der Waals surface area contributed by atoms with Gasteiger partial charge in [-0.05, 0) is 60.5 Å². The van der Waals surface area contributed by atoms with Gasteiger partial charge in [-0.15, -0.1) is 0 Å². The van der Waals surface area contributed by atoms with Crippen molar-refractivity contribution in [3.05, 3.63) is 77.6 Å². The molecule has 0 aliphatic rings. The van der Waals surface area contributed by atoms with Gasteiger partial charge in [0.2, 0.25) is 10.0 Å². The van der Waals surface area contributed by atoms with Gasteiger partial charge >= 0.3 is 0 Å². The summed E-state index contributed by atoms with van der Waals surface area (Å²) < 4.78 is 25.9. The molecule has 1 heterocycles. The highest BCUT2D eigenvalue weighted by Gasteiger charge is 2.19. The van der Waals surface area contributed by atoms with Gasteiger partial charge in [0.15, 0.2) is 0 Å². The van der Waals surface area contributed by atoms with E-state index in [1.807, 2.05) is 25.1 Å². The third-order valence-electron chi connectivity index (χ3n) is 3.84. The third-order valence-corrected chi connectivity index (χ3v) is 5.18. The van der Waals surface area contributed by atoms with Gasteiger partial charge in [-0.1, -0.05) is 23.7 Å². The number of anilines is 2. The van der Waals surface area contributed by atoms with Gasteiger partial charge in [-0.3, -0.25) is 4.98 Å². The molecule has 1 aromatic heterocycles. The Morgan fingerprint density at radius 1 is 0.920 bits per heavy atom. The van der Waals surface area contributed by atoms with Crippen LogP contribution in [0.1, 0.15) is 5.56 Å². The number of nitrogens with zero attached hydrogens (tertiary/aromatic N) is 2. The molecule has 0 radical (unpaired) electrons. The van der Waals surface area contributed by atoms with Crippen LogP contribution >= 0.6 is 11.6 Å². The van der Waals surface area contributed by atoms with Crippen molar-refractivity contribution in [3.63, 3.8) is 0 Å². The van der Waals surface area contributed by atoms with Crippen LogP contribution in [-0.4, -0.2) is 19.7 Å². The van der Waals surface area contributed by atoms with Crippen LogP contribution in [0.2, 0.25) is 5.02 Å². The van der Waals surface area contributed by atoms with Crippen molar-refractivity contribution >= 4 is 33.0 Å². The van der Waals surface area contributed by atoms with Crippen molar-refractivity contribution in [2.75, 3.05) is 10.6 Å². The maximum atomic E-state index is 12.3. The van der Waals surface area contributed by atoms with Crippen molar-refractivity contribution < 1.29 is 8.42 Å². The Kier molecular flexibility index (Phi) is 4.79. The van der Waals surface area contributed by atoms with Gasteiger partial charge < -0.3 is 0 Å². The molecule has 4 nitrogen and oxygen atoms in total. The first-order chi connectivity index (χ1) is 11.9. The van der Waals surface area contributed by atoms with Crippen molar-refractivity contribution in [2.45, 2.75) is 6.92 Å². The van der Waals surface area contributed by atoms with E-state index < -0.39 is 10.0 Å². The van der Waals surface area contributed by atoms with E-state index in [-0.39, 0.29) is 0 Å². The minimum atomic E-state index is -3.49. The van der Waals surface area contributed by atoms with Crippen LogP contribution in [-0.2, 0) is 10.0 Å². The van der Waals surface area contributed by atoms with E-state index in [1.165, 1.54) is 10.6 Å². The predicted molar refractivity (Wildman–Crippen MR) is 103 cm³/mol. The number of hydrogen-bond donors (Lipinski definition) is 0. The molecular formula is C19H17ClN2O2S.